The lowest BCUT2D eigenvalue weighted by Gasteiger charge is -2.30. The zero-order valence-corrected chi connectivity index (χ0v) is 18.0. The highest BCUT2D eigenvalue weighted by Crippen LogP contribution is 2.35. The van der Waals surface area contributed by atoms with Gasteiger partial charge >= 0.3 is 6.03 Å². The number of hydrogen-bond donors (Lipinski definition) is 2. The lowest BCUT2D eigenvalue weighted by atomic mass is 9.99. The Balaban J connectivity index is 1.73. The third-order valence-electron chi connectivity index (χ3n) is 5.12. The highest BCUT2D eigenvalue weighted by Gasteiger charge is 2.24. The van der Waals surface area contributed by atoms with Crippen molar-refractivity contribution in [3.63, 3.8) is 0 Å². The fourth-order valence-electron chi connectivity index (χ4n) is 3.54. The van der Waals surface area contributed by atoms with Crippen molar-refractivity contribution in [2.45, 2.75) is 33.1 Å². The number of fused-ring (bicyclic) bond motifs is 1. The van der Waals surface area contributed by atoms with Crippen LogP contribution in [0.1, 0.15) is 32.3 Å². The van der Waals surface area contributed by atoms with Crippen molar-refractivity contribution in [3.8, 4) is 11.5 Å². The molecule has 3 rings (SSSR count). The number of benzene rings is 2. The van der Waals surface area contributed by atoms with Gasteiger partial charge in [-0.05, 0) is 54.7 Å². The van der Waals surface area contributed by atoms with E-state index < -0.39 is 0 Å². The monoisotopic (exact) mass is 411 g/mol. The Kier molecular flexibility index (Phi) is 6.82. The van der Waals surface area contributed by atoms with E-state index in [9.17, 15) is 9.59 Å². The number of carbonyl (C=O) groups is 2. The zero-order chi connectivity index (χ0) is 21.7. The highest BCUT2D eigenvalue weighted by molar-refractivity contribution is 6.02. The first-order valence-corrected chi connectivity index (χ1v) is 10.1. The van der Waals surface area contributed by atoms with Crippen LogP contribution in [-0.2, 0) is 11.2 Å². The summed E-state index contributed by atoms with van der Waals surface area (Å²) in [6, 6.07) is 10.6. The molecule has 2 aromatic rings. The van der Waals surface area contributed by atoms with Crippen LogP contribution in [0.4, 0.5) is 21.9 Å². The van der Waals surface area contributed by atoms with Gasteiger partial charge in [0.05, 0.1) is 19.9 Å². The Morgan fingerprint density at radius 1 is 1.10 bits per heavy atom. The Hall–Kier alpha value is -3.22. The predicted molar refractivity (Wildman–Crippen MR) is 119 cm³/mol. The van der Waals surface area contributed by atoms with Crippen LogP contribution in [0.25, 0.3) is 0 Å². The number of urea groups is 1. The Labute approximate surface area is 177 Å². The molecule has 7 nitrogen and oxygen atoms in total. The van der Waals surface area contributed by atoms with Crippen LogP contribution in [-0.4, -0.2) is 32.7 Å². The first-order valence-electron chi connectivity index (χ1n) is 10.1. The molecule has 0 atom stereocenters. The van der Waals surface area contributed by atoms with Crippen molar-refractivity contribution in [2.24, 2.45) is 5.92 Å². The Morgan fingerprint density at radius 3 is 2.60 bits per heavy atom. The second-order valence-electron chi connectivity index (χ2n) is 7.69. The maximum atomic E-state index is 12.5. The van der Waals surface area contributed by atoms with E-state index in [-0.39, 0.29) is 11.9 Å². The summed E-state index contributed by atoms with van der Waals surface area (Å²) in [6.07, 6.45) is 2.12. The molecule has 1 aliphatic rings. The highest BCUT2D eigenvalue weighted by atomic mass is 16.5. The molecule has 0 bridgehead atoms. The zero-order valence-electron chi connectivity index (χ0n) is 18.0. The Bertz CT molecular complexity index is 927. The number of rotatable bonds is 7. The number of nitrogens with one attached hydrogen (secondary N) is 2. The molecule has 1 aliphatic heterocycles. The molecule has 3 amide bonds. The van der Waals surface area contributed by atoms with E-state index in [2.05, 4.69) is 24.5 Å². The average Bonchev–Trinajstić information content (AvgIpc) is 2.72. The fourth-order valence-corrected chi connectivity index (χ4v) is 3.54. The number of anilines is 3. The van der Waals surface area contributed by atoms with Gasteiger partial charge in [0, 0.05) is 24.3 Å². The molecule has 7 heteroatoms. The summed E-state index contributed by atoms with van der Waals surface area (Å²) < 4.78 is 10.6. The summed E-state index contributed by atoms with van der Waals surface area (Å²) in [5, 5.41) is 5.65. The molecule has 0 fully saturated rings. The second kappa shape index (κ2) is 9.52. The van der Waals surface area contributed by atoms with E-state index in [1.807, 2.05) is 23.1 Å². The standard InChI is InChI=1S/C23H29N3O4/c1-15(2)12-13-26-19-10-9-17(14-16(19)8-11-21(26)27)24-23(28)25-18-6-5-7-20(29-3)22(18)30-4/h5-7,9-10,14-15H,8,11-13H2,1-4H3,(H2,24,25,28). The molecule has 0 aromatic heterocycles. The number of nitrogens with zero attached hydrogens (tertiary/aromatic N) is 1. The van der Waals surface area contributed by atoms with Gasteiger partial charge in [-0.1, -0.05) is 19.9 Å². The molecule has 0 saturated heterocycles. The third kappa shape index (κ3) is 4.84. The normalized spacial score (nSPS) is 13.1. The van der Waals surface area contributed by atoms with E-state index in [4.69, 9.17) is 9.47 Å². The van der Waals surface area contributed by atoms with Gasteiger partial charge in [-0.25, -0.2) is 4.79 Å². The van der Waals surface area contributed by atoms with Crippen LogP contribution in [0.5, 0.6) is 11.5 Å². The van der Waals surface area contributed by atoms with Crippen molar-refractivity contribution in [2.75, 3.05) is 36.3 Å². The summed E-state index contributed by atoms with van der Waals surface area (Å²) in [4.78, 5) is 26.8. The molecule has 2 N–H and O–H groups in total. The van der Waals surface area contributed by atoms with Crippen molar-refractivity contribution in [3.05, 3.63) is 42.0 Å². The topological polar surface area (TPSA) is 79.9 Å². The molecule has 2 aromatic carbocycles. The van der Waals surface area contributed by atoms with E-state index in [0.29, 0.717) is 48.2 Å². The van der Waals surface area contributed by atoms with Crippen molar-refractivity contribution in [1.29, 1.82) is 0 Å². The van der Waals surface area contributed by atoms with Crippen LogP contribution in [0.3, 0.4) is 0 Å². The summed E-state index contributed by atoms with van der Waals surface area (Å²) in [5.41, 5.74) is 3.19. The Morgan fingerprint density at radius 2 is 1.90 bits per heavy atom. The van der Waals surface area contributed by atoms with Crippen LogP contribution >= 0.6 is 0 Å². The number of aryl methyl sites for hydroxylation is 1. The molecule has 0 saturated carbocycles. The molecule has 0 unspecified atom stereocenters. The quantitative estimate of drug-likeness (QED) is 0.694. The summed E-state index contributed by atoms with van der Waals surface area (Å²) >= 11 is 0. The molecule has 1 heterocycles. The number of hydrogen-bond acceptors (Lipinski definition) is 4. The largest absolute Gasteiger partial charge is 0.493 e. The van der Waals surface area contributed by atoms with Crippen molar-refractivity contribution >= 4 is 29.0 Å². The maximum absolute atomic E-state index is 12.5. The summed E-state index contributed by atoms with van der Waals surface area (Å²) in [7, 11) is 3.07. The smallest absolute Gasteiger partial charge is 0.323 e. The summed E-state index contributed by atoms with van der Waals surface area (Å²) in [5.74, 6) is 1.68. The fraction of sp³-hybridized carbons (Fsp3) is 0.391. The van der Waals surface area contributed by atoms with Crippen LogP contribution in [0, 0.1) is 5.92 Å². The molecule has 0 radical (unpaired) electrons. The molecule has 0 aliphatic carbocycles. The second-order valence-corrected chi connectivity index (χ2v) is 7.69. The summed E-state index contributed by atoms with van der Waals surface area (Å²) in [6.45, 7) is 5.02. The minimum atomic E-state index is -0.384. The third-order valence-corrected chi connectivity index (χ3v) is 5.12. The minimum Gasteiger partial charge on any atom is -0.493 e. The number of para-hydroxylation sites is 1. The van der Waals surface area contributed by atoms with Crippen LogP contribution in [0.2, 0.25) is 0 Å². The van der Waals surface area contributed by atoms with E-state index >= 15 is 0 Å². The first-order chi connectivity index (χ1) is 14.4. The van der Waals surface area contributed by atoms with Gasteiger partial charge in [0.15, 0.2) is 11.5 Å². The predicted octanol–water partition coefficient (Wildman–Crippen LogP) is 4.67. The number of amides is 3. The number of methoxy groups -OCH3 is 2. The molecular weight excluding hydrogens is 382 g/mol. The first kappa shape index (κ1) is 21.5. The molecule has 30 heavy (non-hydrogen) atoms. The van der Waals surface area contributed by atoms with Crippen molar-refractivity contribution in [1.82, 2.24) is 0 Å². The van der Waals surface area contributed by atoms with Gasteiger partial charge in [0.2, 0.25) is 5.91 Å². The van der Waals surface area contributed by atoms with Crippen LogP contribution < -0.4 is 25.0 Å². The van der Waals surface area contributed by atoms with Crippen molar-refractivity contribution < 1.29 is 19.1 Å². The molecule has 0 spiro atoms. The van der Waals surface area contributed by atoms with Gasteiger partial charge in [-0.2, -0.15) is 0 Å². The number of carbonyl (C=O) groups excluding carboxylic acids is 2. The molecule has 160 valence electrons. The molecular formula is C23H29N3O4. The van der Waals surface area contributed by atoms with Gasteiger partial charge in [0.1, 0.15) is 0 Å². The average molecular weight is 412 g/mol. The van der Waals surface area contributed by atoms with E-state index in [0.717, 1.165) is 17.7 Å². The number of ether oxygens (including phenoxy) is 2. The van der Waals surface area contributed by atoms with E-state index in [1.165, 1.54) is 7.11 Å². The lowest BCUT2D eigenvalue weighted by molar-refractivity contribution is -0.118. The minimum absolute atomic E-state index is 0.159. The van der Waals surface area contributed by atoms with E-state index in [1.54, 1.807) is 25.3 Å². The van der Waals surface area contributed by atoms with Gasteiger partial charge in [-0.15, -0.1) is 0 Å². The maximum Gasteiger partial charge on any atom is 0.323 e. The lowest BCUT2D eigenvalue weighted by Crippen LogP contribution is -2.36. The van der Waals surface area contributed by atoms with Crippen LogP contribution in [0.15, 0.2) is 36.4 Å². The van der Waals surface area contributed by atoms with Gasteiger partial charge in [0.25, 0.3) is 0 Å². The SMILES string of the molecule is COc1cccc(NC(=O)Nc2ccc3c(c2)CCC(=O)N3CCC(C)C)c1OC. The van der Waals surface area contributed by atoms with Gasteiger partial charge in [-0.3, -0.25) is 4.79 Å². The van der Waals surface area contributed by atoms with Gasteiger partial charge < -0.3 is 25.0 Å².